The smallest absolute Gasteiger partial charge is 0.226 e. The summed E-state index contributed by atoms with van der Waals surface area (Å²) >= 11 is 0. The molecular formula is C17H25N3O. The van der Waals surface area contributed by atoms with Gasteiger partial charge in [0.25, 0.3) is 0 Å². The maximum absolute atomic E-state index is 12.8. The van der Waals surface area contributed by atoms with Crippen molar-refractivity contribution in [2.45, 2.75) is 44.9 Å². The highest BCUT2D eigenvalue weighted by Gasteiger charge is 2.54. The molecule has 4 fully saturated rings. The van der Waals surface area contributed by atoms with E-state index in [1.54, 1.807) is 0 Å². The molecule has 0 spiro atoms. The van der Waals surface area contributed by atoms with Gasteiger partial charge >= 0.3 is 0 Å². The van der Waals surface area contributed by atoms with E-state index in [9.17, 15) is 4.79 Å². The van der Waals surface area contributed by atoms with Crippen LogP contribution in [0.2, 0.25) is 0 Å². The minimum atomic E-state index is -0.0150. The highest BCUT2D eigenvalue weighted by atomic mass is 16.2. The highest BCUT2D eigenvalue weighted by molar-refractivity contribution is 5.83. The summed E-state index contributed by atoms with van der Waals surface area (Å²) < 4.78 is 1.95. The molecule has 0 radical (unpaired) electrons. The summed E-state index contributed by atoms with van der Waals surface area (Å²) in [5.41, 5.74) is 1.04. The van der Waals surface area contributed by atoms with Crippen molar-refractivity contribution in [1.29, 1.82) is 0 Å². The van der Waals surface area contributed by atoms with Crippen molar-refractivity contribution in [3.05, 3.63) is 18.2 Å². The van der Waals surface area contributed by atoms with E-state index in [0.29, 0.717) is 5.91 Å². The normalized spacial score (nSPS) is 36.9. The largest absolute Gasteiger partial charge is 0.355 e. The minimum Gasteiger partial charge on any atom is -0.355 e. The van der Waals surface area contributed by atoms with Gasteiger partial charge in [-0.05, 0) is 56.3 Å². The first kappa shape index (κ1) is 13.4. The second-order valence-corrected chi connectivity index (χ2v) is 7.73. The zero-order valence-electron chi connectivity index (χ0n) is 12.8. The van der Waals surface area contributed by atoms with Crippen LogP contribution >= 0.6 is 0 Å². The lowest BCUT2D eigenvalue weighted by molar-refractivity contribution is -0.146. The van der Waals surface area contributed by atoms with Crippen molar-refractivity contribution in [3.8, 4) is 0 Å². The van der Waals surface area contributed by atoms with Crippen molar-refractivity contribution in [3.63, 3.8) is 0 Å². The summed E-state index contributed by atoms with van der Waals surface area (Å²) in [7, 11) is 1.98. The van der Waals surface area contributed by atoms with Crippen molar-refractivity contribution in [2.24, 2.45) is 30.2 Å². The van der Waals surface area contributed by atoms with Gasteiger partial charge in [-0.15, -0.1) is 0 Å². The van der Waals surface area contributed by atoms with Gasteiger partial charge < -0.3 is 9.88 Å². The van der Waals surface area contributed by atoms with Crippen LogP contribution in [0.5, 0.6) is 0 Å². The van der Waals surface area contributed by atoms with Crippen LogP contribution in [-0.4, -0.2) is 22.0 Å². The second-order valence-electron chi connectivity index (χ2n) is 7.73. The summed E-state index contributed by atoms with van der Waals surface area (Å²) in [6.45, 7) is 0.720. The lowest BCUT2D eigenvalue weighted by Gasteiger charge is -2.55. The molecule has 1 aromatic heterocycles. The zero-order valence-corrected chi connectivity index (χ0v) is 12.8. The number of hydrogen-bond donors (Lipinski definition) is 1. The number of nitrogens with one attached hydrogen (secondary N) is 1. The maximum Gasteiger partial charge on any atom is 0.226 e. The van der Waals surface area contributed by atoms with Gasteiger partial charge in [0.1, 0.15) is 0 Å². The molecule has 4 heteroatoms. The van der Waals surface area contributed by atoms with Gasteiger partial charge in [-0.25, -0.2) is 4.98 Å². The van der Waals surface area contributed by atoms with E-state index in [2.05, 4.69) is 10.3 Å². The number of carbonyl (C=O) groups is 1. The summed E-state index contributed by atoms with van der Waals surface area (Å²) in [5, 5.41) is 3.21. The Morgan fingerprint density at radius 1 is 1.29 bits per heavy atom. The molecule has 0 atom stereocenters. The molecule has 0 aromatic carbocycles. The third-order valence-corrected chi connectivity index (χ3v) is 5.94. The van der Waals surface area contributed by atoms with Gasteiger partial charge in [0.15, 0.2) is 0 Å². The fourth-order valence-electron chi connectivity index (χ4n) is 5.48. The molecule has 1 heterocycles. The first-order valence-electron chi connectivity index (χ1n) is 8.38. The SMILES string of the molecule is Cn1cnc(CCNC(=O)C23CC4CC(CC(C4)C2)C3)c1. The Morgan fingerprint density at radius 3 is 2.43 bits per heavy atom. The summed E-state index contributed by atoms with van der Waals surface area (Å²) in [6, 6.07) is 0. The van der Waals surface area contributed by atoms with Crippen molar-refractivity contribution in [1.82, 2.24) is 14.9 Å². The van der Waals surface area contributed by atoms with Crippen LogP contribution in [-0.2, 0) is 18.3 Å². The molecule has 4 aliphatic rings. The molecule has 5 rings (SSSR count). The molecule has 1 amide bonds. The fraction of sp³-hybridized carbons (Fsp3) is 0.765. The monoisotopic (exact) mass is 287 g/mol. The van der Waals surface area contributed by atoms with E-state index in [-0.39, 0.29) is 5.41 Å². The topological polar surface area (TPSA) is 46.9 Å². The van der Waals surface area contributed by atoms with Crippen LogP contribution in [0.25, 0.3) is 0 Å². The van der Waals surface area contributed by atoms with E-state index >= 15 is 0 Å². The van der Waals surface area contributed by atoms with E-state index in [4.69, 9.17) is 0 Å². The number of rotatable bonds is 4. The summed E-state index contributed by atoms with van der Waals surface area (Å²) in [6.07, 6.45) is 12.3. The van der Waals surface area contributed by atoms with Crippen LogP contribution in [0.3, 0.4) is 0 Å². The first-order valence-corrected chi connectivity index (χ1v) is 8.38. The molecule has 1 N–H and O–H groups in total. The average molecular weight is 287 g/mol. The summed E-state index contributed by atoms with van der Waals surface area (Å²) in [4.78, 5) is 17.1. The second kappa shape index (κ2) is 4.85. The first-order chi connectivity index (χ1) is 10.1. The number of aryl methyl sites for hydroxylation is 1. The van der Waals surface area contributed by atoms with Crippen LogP contribution in [0.4, 0.5) is 0 Å². The quantitative estimate of drug-likeness (QED) is 0.923. The van der Waals surface area contributed by atoms with E-state index in [1.165, 1.54) is 19.3 Å². The van der Waals surface area contributed by atoms with Gasteiger partial charge in [-0.1, -0.05) is 0 Å². The molecule has 1 aromatic rings. The predicted molar refractivity (Wildman–Crippen MR) is 80.5 cm³/mol. The molecular weight excluding hydrogens is 262 g/mol. The van der Waals surface area contributed by atoms with Gasteiger partial charge in [0.2, 0.25) is 5.91 Å². The van der Waals surface area contributed by atoms with Crippen LogP contribution in [0.15, 0.2) is 12.5 Å². The number of amides is 1. The molecule has 4 aliphatic carbocycles. The number of nitrogens with zero attached hydrogens (tertiary/aromatic N) is 2. The third kappa shape index (κ3) is 2.39. The molecule has 4 bridgehead atoms. The van der Waals surface area contributed by atoms with Gasteiger partial charge in [0, 0.05) is 31.6 Å². The molecule has 0 aliphatic heterocycles. The van der Waals surface area contributed by atoms with Gasteiger partial charge in [0.05, 0.1) is 12.0 Å². The number of hydrogen-bond acceptors (Lipinski definition) is 2. The summed E-state index contributed by atoms with van der Waals surface area (Å²) in [5.74, 6) is 2.82. The molecule has 0 saturated heterocycles. The molecule has 21 heavy (non-hydrogen) atoms. The van der Waals surface area contributed by atoms with E-state index < -0.39 is 0 Å². The van der Waals surface area contributed by atoms with Gasteiger partial charge in [-0.3, -0.25) is 4.79 Å². The number of imidazole rings is 1. The number of carbonyl (C=O) groups excluding carboxylic acids is 1. The van der Waals surface area contributed by atoms with Gasteiger partial charge in [-0.2, -0.15) is 0 Å². The van der Waals surface area contributed by atoms with Crippen molar-refractivity contribution >= 4 is 5.91 Å². The molecule has 0 unspecified atom stereocenters. The Morgan fingerprint density at radius 2 is 1.90 bits per heavy atom. The van der Waals surface area contributed by atoms with E-state index in [1.807, 2.05) is 24.1 Å². The molecule has 114 valence electrons. The molecule has 4 saturated carbocycles. The zero-order chi connectivity index (χ0) is 14.4. The Hall–Kier alpha value is -1.32. The minimum absolute atomic E-state index is 0.0150. The maximum atomic E-state index is 12.8. The predicted octanol–water partition coefficient (Wildman–Crippen LogP) is 2.30. The Bertz CT molecular complexity index is 513. The Kier molecular flexibility index (Phi) is 3.09. The third-order valence-electron chi connectivity index (χ3n) is 5.94. The van der Waals surface area contributed by atoms with Crippen LogP contribution < -0.4 is 5.32 Å². The fourth-order valence-corrected chi connectivity index (χ4v) is 5.48. The molecule has 4 nitrogen and oxygen atoms in total. The average Bonchev–Trinajstić information content (AvgIpc) is 2.83. The Balaban J connectivity index is 1.36. The van der Waals surface area contributed by atoms with Crippen molar-refractivity contribution < 1.29 is 4.79 Å². The lowest BCUT2D eigenvalue weighted by Crippen LogP contribution is -2.53. The lowest BCUT2D eigenvalue weighted by atomic mass is 9.49. The number of aromatic nitrogens is 2. The Labute approximate surface area is 126 Å². The van der Waals surface area contributed by atoms with Crippen molar-refractivity contribution in [2.75, 3.05) is 6.54 Å². The van der Waals surface area contributed by atoms with E-state index in [0.717, 1.165) is 55.7 Å². The highest BCUT2D eigenvalue weighted by Crippen LogP contribution is 2.60. The standard InChI is InChI=1S/C17H25N3O/c1-20-10-15(19-11-20)2-3-18-16(21)17-7-12-4-13(8-17)6-14(5-12)9-17/h10-14H,2-9H2,1H3,(H,18,21). The van der Waals surface area contributed by atoms with Crippen LogP contribution in [0, 0.1) is 23.2 Å². The van der Waals surface area contributed by atoms with Crippen LogP contribution in [0.1, 0.15) is 44.2 Å².